The molecule has 1 aromatic carbocycles. The molecule has 0 saturated heterocycles. The predicted octanol–water partition coefficient (Wildman–Crippen LogP) is 2.06. The molecule has 33 heavy (non-hydrogen) atoms. The Hall–Kier alpha value is -3.11. The van der Waals surface area contributed by atoms with Crippen molar-refractivity contribution in [2.45, 2.75) is 31.8 Å². The molecule has 2 N–H and O–H groups in total. The molecule has 1 amide bonds. The minimum absolute atomic E-state index is 0.109. The van der Waals surface area contributed by atoms with Crippen LogP contribution in [-0.2, 0) is 25.7 Å². The van der Waals surface area contributed by atoms with Gasteiger partial charge in [0.2, 0.25) is 5.91 Å². The average molecular weight is 465 g/mol. The molecule has 1 aliphatic carbocycles. The van der Waals surface area contributed by atoms with E-state index < -0.39 is 23.3 Å². The van der Waals surface area contributed by atoms with E-state index >= 15 is 0 Å². The van der Waals surface area contributed by atoms with Crippen LogP contribution in [0.15, 0.2) is 41.4 Å². The summed E-state index contributed by atoms with van der Waals surface area (Å²) in [4.78, 5) is 38.8. The lowest BCUT2D eigenvalue weighted by molar-refractivity contribution is -0.117. The predicted molar refractivity (Wildman–Crippen MR) is 117 cm³/mol. The Morgan fingerprint density at radius 1 is 1.27 bits per heavy atom. The molecule has 1 aliphatic rings. The van der Waals surface area contributed by atoms with Crippen LogP contribution < -0.4 is 5.32 Å². The number of benzene rings is 1. The highest BCUT2D eigenvalue weighted by atomic mass is 19.1. The summed E-state index contributed by atoms with van der Waals surface area (Å²) >= 11 is 0. The number of methoxy groups -OCH3 is 1. The van der Waals surface area contributed by atoms with Crippen molar-refractivity contribution in [1.29, 1.82) is 0 Å². The Labute approximate surface area is 191 Å². The first-order valence-electron chi connectivity index (χ1n) is 10.4. The Balaban J connectivity index is 2.22. The summed E-state index contributed by atoms with van der Waals surface area (Å²) in [5, 5.41) is 12.5. The topological polar surface area (TPSA) is 99.2 Å². The van der Waals surface area contributed by atoms with Crippen LogP contribution >= 0.6 is 0 Å². The number of aliphatic hydroxyl groups is 1. The van der Waals surface area contributed by atoms with Gasteiger partial charge in [-0.1, -0.05) is 6.07 Å². The van der Waals surface area contributed by atoms with E-state index in [-0.39, 0.29) is 41.7 Å². The number of rotatable bonds is 13. The zero-order chi connectivity index (χ0) is 24.6. The third-order valence-corrected chi connectivity index (χ3v) is 5.69. The fourth-order valence-corrected chi connectivity index (χ4v) is 3.40. The molecule has 0 unspecified atom stereocenters. The molecule has 1 fully saturated rings. The molecule has 0 aromatic heterocycles. The summed E-state index contributed by atoms with van der Waals surface area (Å²) in [6.07, 6.45) is 3.52. The summed E-state index contributed by atoms with van der Waals surface area (Å²) in [5.41, 5.74) is -0.322. The number of hydrogen-bond acceptors (Lipinski definition) is 7. The summed E-state index contributed by atoms with van der Waals surface area (Å²) in [7, 11) is 3.51. The SMILES string of the molecule is COCCN(C)C1(CN(/C=C(\C)C(=O)NCc2ccc(F)cc2F)/C(C=O)=C(/O)C=O)CC1. The van der Waals surface area contributed by atoms with Crippen molar-refractivity contribution in [3.63, 3.8) is 0 Å². The summed E-state index contributed by atoms with van der Waals surface area (Å²) < 4.78 is 32.0. The van der Waals surface area contributed by atoms with E-state index in [1.807, 2.05) is 7.05 Å². The van der Waals surface area contributed by atoms with Gasteiger partial charge in [-0.15, -0.1) is 0 Å². The third-order valence-electron chi connectivity index (χ3n) is 5.69. The molecule has 10 heteroatoms. The van der Waals surface area contributed by atoms with Crippen molar-refractivity contribution in [2.24, 2.45) is 0 Å². The average Bonchev–Trinajstić information content (AvgIpc) is 3.57. The summed E-state index contributed by atoms with van der Waals surface area (Å²) in [5.74, 6) is -2.81. The first-order valence-corrected chi connectivity index (χ1v) is 10.4. The van der Waals surface area contributed by atoms with Gasteiger partial charge < -0.3 is 20.1 Å². The molecule has 0 atom stereocenters. The number of nitrogens with one attached hydrogen (secondary N) is 1. The van der Waals surface area contributed by atoms with E-state index in [0.717, 1.165) is 25.0 Å². The third kappa shape index (κ3) is 6.93. The molecule has 180 valence electrons. The molecule has 0 heterocycles. The van der Waals surface area contributed by atoms with Crippen LogP contribution in [0.25, 0.3) is 0 Å². The van der Waals surface area contributed by atoms with Gasteiger partial charge in [-0.3, -0.25) is 19.3 Å². The zero-order valence-electron chi connectivity index (χ0n) is 18.9. The van der Waals surface area contributed by atoms with E-state index in [0.29, 0.717) is 19.4 Å². The number of likely N-dealkylation sites (N-methyl/N-ethyl adjacent to an activating group) is 1. The van der Waals surface area contributed by atoms with Crippen LogP contribution in [0, 0.1) is 11.6 Å². The quantitative estimate of drug-likeness (QED) is 0.261. The van der Waals surface area contributed by atoms with Gasteiger partial charge in [-0.2, -0.15) is 0 Å². The maximum Gasteiger partial charge on any atom is 0.248 e. The standard InChI is InChI=1S/C23H29F2N3O5/c1-16(22(32)26-11-17-4-5-18(24)10-19(17)25)12-28(20(13-29)21(31)14-30)15-23(6-7-23)27(2)8-9-33-3/h4-5,10,12-14,31H,6-9,11,15H2,1-3H3,(H,26,32)/b16-12+,21-20+. The van der Waals surface area contributed by atoms with E-state index in [2.05, 4.69) is 10.2 Å². The number of carbonyl (C=O) groups excluding carboxylic acids is 3. The fourth-order valence-electron chi connectivity index (χ4n) is 3.40. The zero-order valence-corrected chi connectivity index (χ0v) is 18.9. The number of aldehydes is 2. The second kappa shape index (κ2) is 11.7. The van der Waals surface area contributed by atoms with Gasteiger partial charge in [0.1, 0.15) is 17.3 Å². The number of amides is 1. The van der Waals surface area contributed by atoms with E-state index in [9.17, 15) is 28.3 Å². The molecular formula is C23H29F2N3O5. The normalized spacial score (nSPS) is 15.6. The van der Waals surface area contributed by atoms with Gasteiger partial charge in [0.25, 0.3) is 0 Å². The Morgan fingerprint density at radius 3 is 2.52 bits per heavy atom. The second-order valence-electron chi connectivity index (χ2n) is 8.00. The number of halogens is 2. The number of carbonyl (C=O) groups is 3. The molecule has 0 spiro atoms. The van der Waals surface area contributed by atoms with Crippen LogP contribution in [-0.4, -0.2) is 72.8 Å². The molecule has 1 aromatic rings. The fraction of sp³-hybridized carbons (Fsp3) is 0.435. The lowest BCUT2D eigenvalue weighted by Crippen LogP contribution is -2.44. The monoisotopic (exact) mass is 465 g/mol. The van der Waals surface area contributed by atoms with Crippen LogP contribution in [0.2, 0.25) is 0 Å². The van der Waals surface area contributed by atoms with E-state index in [1.165, 1.54) is 24.1 Å². The van der Waals surface area contributed by atoms with Crippen molar-refractivity contribution in [1.82, 2.24) is 15.1 Å². The van der Waals surface area contributed by atoms with Crippen LogP contribution in [0.1, 0.15) is 25.3 Å². The first kappa shape index (κ1) is 26.1. The maximum absolute atomic E-state index is 13.8. The molecule has 1 saturated carbocycles. The Bertz CT molecular complexity index is 944. The van der Waals surface area contributed by atoms with Crippen molar-refractivity contribution in [3.8, 4) is 0 Å². The molecule has 8 nitrogen and oxygen atoms in total. The van der Waals surface area contributed by atoms with Crippen molar-refractivity contribution >= 4 is 18.5 Å². The first-order chi connectivity index (χ1) is 15.7. The van der Waals surface area contributed by atoms with Gasteiger partial charge in [0.15, 0.2) is 18.3 Å². The van der Waals surface area contributed by atoms with E-state index in [1.54, 1.807) is 7.11 Å². The number of allylic oxidation sites excluding steroid dienone is 2. The lowest BCUT2D eigenvalue weighted by Gasteiger charge is -2.33. The van der Waals surface area contributed by atoms with Gasteiger partial charge >= 0.3 is 0 Å². The van der Waals surface area contributed by atoms with Crippen LogP contribution in [0.4, 0.5) is 8.78 Å². The molecule has 2 rings (SSSR count). The number of aliphatic hydroxyl groups excluding tert-OH is 1. The van der Waals surface area contributed by atoms with Crippen molar-refractivity contribution < 1.29 is 33.0 Å². The van der Waals surface area contributed by atoms with Gasteiger partial charge in [-0.05, 0) is 32.9 Å². The molecule has 0 radical (unpaired) electrons. The smallest absolute Gasteiger partial charge is 0.248 e. The van der Waals surface area contributed by atoms with Gasteiger partial charge in [0, 0.05) is 55.7 Å². The van der Waals surface area contributed by atoms with Gasteiger partial charge in [0.05, 0.1) is 6.61 Å². The summed E-state index contributed by atoms with van der Waals surface area (Å²) in [6, 6.07) is 3.05. The minimum Gasteiger partial charge on any atom is -0.503 e. The molecular weight excluding hydrogens is 436 g/mol. The number of nitrogens with zero attached hydrogens (tertiary/aromatic N) is 2. The molecule has 0 aliphatic heterocycles. The molecule has 0 bridgehead atoms. The summed E-state index contributed by atoms with van der Waals surface area (Å²) in [6.45, 7) is 2.70. The second-order valence-corrected chi connectivity index (χ2v) is 8.00. The van der Waals surface area contributed by atoms with Gasteiger partial charge in [-0.25, -0.2) is 8.78 Å². The highest BCUT2D eigenvalue weighted by Crippen LogP contribution is 2.42. The minimum atomic E-state index is -0.782. The van der Waals surface area contributed by atoms with Crippen molar-refractivity contribution in [3.05, 3.63) is 58.6 Å². The van der Waals surface area contributed by atoms with E-state index in [4.69, 9.17) is 4.74 Å². The van der Waals surface area contributed by atoms with Crippen LogP contribution in [0.3, 0.4) is 0 Å². The highest BCUT2D eigenvalue weighted by molar-refractivity contribution is 5.93. The maximum atomic E-state index is 13.8. The Kier molecular flexibility index (Phi) is 9.24. The lowest BCUT2D eigenvalue weighted by atomic mass is 10.1. The van der Waals surface area contributed by atoms with Crippen LogP contribution in [0.5, 0.6) is 0 Å². The highest BCUT2D eigenvalue weighted by Gasteiger charge is 2.47. The Morgan fingerprint density at radius 2 is 1.97 bits per heavy atom. The number of hydrogen-bond donors (Lipinski definition) is 2. The number of ether oxygens (including phenoxy) is 1. The largest absolute Gasteiger partial charge is 0.503 e. The van der Waals surface area contributed by atoms with Crippen molar-refractivity contribution in [2.75, 3.05) is 33.9 Å².